The minimum absolute atomic E-state index is 0.172. The van der Waals surface area contributed by atoms with Gasteiger partial charge in [0.05, 0.1) is 11.9 Å². The molecule has 1 N–H and O–H groups in total. The molecule has 0 amide bonds. The second kappa shape index (κ2) is 7.23. The van der Waals surface area contributed by atoms with Crippen LogP contribution in [0.25, 0.3) is 0 Å². The highest BCUT2D eigenvalue weighted by Gasteiger charge is 2.39. The number of hydrogen-bond acceptors (Lipinski definition) is 3. The van der Waals surface area contributed by atoms with Crippen LogP contribution in [0.15, 0.2) is 0 Å². The summed E-state index contributed by atoms with van der Waals surface area (Å²) in [5.41, 5.74) is 0. The first kappa shape index (κ1) is 16.2. The fraction of sp³-hybridized carbons (Fsp3) is 1.00. The Bertz CT molecular complexity index is 366. The molecule has 0 aromatic carbocycles. The van der Waals surface area contributed by atoms with Crippen molar-refractivity contribution in [3.8, 4) is 0 Å². The van der Waals surface area contributed by atoms with E-state index < -0.39 is 15.3 Å². The van der Waals surface area contributed by atoms with Gasteiger partial charge in [-0.25, -0.2) is 8.42 Å². The Balaban J connectivity index is 2.22. The molecule has 0 spiro atoms. The first-order valence-electron chi connectivity index (χ1n) is 8.20. The minimum atomic E-state index is -3.37. The number of hydrogen-bond donors (Lipinski definition) is 1. The normalized spacial score (nSPS) is 24.9. The van der Waals surface area contributed by atoms with Gasteiger partial charge in [0, 0.05) is 12.1 Å². The zero-order valence-electron chi connectivity index (χ0n) is 12.6. The van der Waals surface area contributed by atoms with E-state index in [4.69, 9.17) is 0 Å². The van der Waals surface area contributed by atoms with Crippen LogP contribution >= 0.6 is 0 Å². The fourth-order valence-electron chi connectivity index (χ4n) is 3.69. The maximum absolute atomic E-state index is 12.8. The molecule has 2 rings (SSSR count). The van der Waals surface area contributed by atoms with E-state index >= 15 is 0 Å². The summed E-state index contributed by atoms with van der Waals surface area (Å²) < 4.78 is 27.5. The van der Waals surface area contributed by atoms with E-state index in [9.17, 15) is 13.5 Å². The predicted molar refractivity (Wildman–Crippen MR) is 81.1 cm³/mol. The molecule has 0 aromatic rings. The van der Waals surface area contributed by atoms with E-state index in [2.05, 4.69) is 0 Å². The summed E-state index contributed by atoms with van der Waals surface area (Å²) in [6.07, 6.45) is 11.0. The highest BCUT2D eigenvalue weighted by molar-refractivity contribution is 7.89. The lowest BCUT2D eigenvalue weighted by Crippen LogP contribution is -2.52. The molecule has 2 aliphatic carbocycles. The van der Waals surface area contributed by atoms with Gasteiger partial charge < -0.3 is 5.11 Å². The molecule has 0 radical (unpaired) electrons. The summed E-state index contributed by atoms with van der Waals surface area (Å²) in [6.45, 7) is 1.35. The van der Waals surface area contributed by atoms with Crippen molar-refractivity contribution in [2.24, 2.45) is 0 Å². The Morgan fingerprint density at radius 3 is 1.70 bits per heavy atom. The SMILES string of the molecule is CC(CO)S(=O)(=O)N(C1CCCCC1)C1CCCCC1. The van der Waals surface area contributed by atoms with Crippen LogP contribution in [0.1, 0.15) is 71.1 Å². The second-order valence-corrected chi connectivity index (χ2v) is 8.71. The van der Waals surface area contributed by atoms with Crippen LogP contribution in [0, 0.1) is 0 Å². The van der Waals surface area contributed by atoms with Crippen molar-refractivity contribution in [3.05, 3.63) is 0 Å². The molecule has 5 heteroatoms. The molecule has 0 bridgehead atoms. The molecule has 4 nitrogen and oxygen atoms in total. The van der Waals surface area contributed by atoms with Gasteiger partial charge in [0.25, 0.3) is 0 Å². The maximum Gasteiger partial charge on any atom is 0.219 e. The number of rotatable bonds is 5. The topological polar surface area (TPSA) is 57.6 Å². The van der Waals surface area contributed by atoms with Crippen LogP contribution in [0.3, 0.4) is 0 Å². The Morgan fingerprint density at radius 1 is 0.950 bits per heavy atom. The summed E-state index contributed by atoms with van der Waals surface area (Å²) in [4.78, 5) is 0. The van der Waals surface area contributed by atoms with Crippen molar-refractivity contribution in [2.75, 3.05) is 6.61 Å². The Morgan fingerprint density at radius 2 is 1.35 bits per heavy atom. The van der Waals surface area contributed by atoms with Crippen LogP contribution in [-0.4, -0.2) is 41.8 Å². The van der Waals surface area contributed by atoms with E-state index in [0.29, 0.717) is 0 Å². The lowest BCUT2D eigenvalue weighted by atomic mass is 9.91. The Kier molecular flexibility index (Phi) is 5.87. The van der Waals surface area contributed by atoms with Gasteiger partial charge in [-0.2, -0.15) is 4.31 Å². The molecular weight excluding hydrogens is 274 g/mol. The third-order valence-corrected chi connectivity index (χ3v) is 7.28. The van der Waals surface area contributed by atoms with Crippen molar-refractivity contribution < 1.29 is 13.5 Å². The zero-order valence-corrected chi connectivity index (χ0v) is 13.4. The molecule has 2 saturated carbocycles. The number of nitrogens with zero attached hydrogens (tertiary/aromatic N) is 1. The van der Waals surface area contributed by atoms with Crippen LogP contribution < -0.4 is 0 Å². The average molecular weight is 303 g/mol. The summed E-state index contributed by atoms with van der Waals surface area (Å²) in [6, 6.07) is 0.344. The molecule has 0 aliphatic heterocycles. The second-order valence-electron chi connectivity index (χ2n) is 6.45. The first-order valence-corrected chi connectivity index (χ1v) is 9.71. The summed E-state index contributed by atoms with van der Waals surface area (Å²) in [7, 11) is -3.37. The van der Waals surface area contributed by atoms with Crippen molar-refractivity contribution >= 4 is 10.0 Å². The van der Waals surface area contributed by atoms with Gasteiger partial charge in [-0.1, -0.05) is 38.5 Å². The zero-order chi connectivity index (χ0) is 14.6. The smallest absolute Gasteiger partial charge is 0.219 e. The van der Waals surface area contributed by atoms with Gasteiger partial charge in [0.2, 0.25) is 10.0 Å². The first-order chi connectivity index (χ1) is 9.57. The lowest BCUT2D eigenvalue weighted by molar-refractivity contribution is 0.166. The number of sulfonamides is 1. The van der Waals surface area contributed by atoms with Crippen LogP contribution in [0.4, 0.5) is 0 Å². The minimum Gasteiger partial charge on any atom is -0.395 e. The average Bonchev–Trinajstić information content (AvgIpc) is 2.48. The quantitative estimate of drug-likeness (QED) is 0.849. The van der Waals surface area contributed by atoms with Crippen LogP contribution in [-0.2, 0) is 10.0 Å². The van der Waals surface area contributed by atoms with Crippen molar-refractivity contribution in [2.45, 2.75) is 88.5 Å². The molecule has 2 aliphatic rings. The largest absolute Gasteiger partial charge is 0.395 e. The standard InChI is InChI=1S/C15H29NO3S/c1-13(12-17)20(18,19)16(14-8-4-2-5-9-14)15-10-6-3-7-11-15/h13-15,17H,2-12H2,1H3. The van der Waals surface area contributed by atoms with E-state index in [1.165, 1.54) is 12.8 Å². The van der Waals surface area contributed by atoms with Gasteiger partial charge in [-0.05, 0) is 32.6 Å². The third kappa shape index (κ3) is 3.55. The molecule has 20 heavy (non-hydrogen) atoms. The van der Waals surface area contributed by atoms with Gasteiger partial charge in [-0.15, -0.1) is 0 Å². The molecule has 0 saturated heterocycles. The van der Waals surface area contributed by atoms with E-state index in [1.807, 2.05) is 4.31 Å². The summed E-state index contributed by atoms with van der Waals surface area (Å²) in [5, 5.41) is 8.64. The molecular formula is C15H29NO3S. The van der Waals surface area contributed by atoms with Crippen LogP contribution in [0.2, 0.25) is 0 Å². The maximum atomic E-state index is 12.8. The third-order valence-electron chi connectivity index (χ3n) is 4.93. The van der Waals surface area contributed by atoms with E-state index in [-0.39, 0.29) is 18.7 Å². The molecule has 0 heterocycles. The van der Waals surface area contributed by atoms with Crippen molar-refractivity contribution in [1.29, 1.82) is 0 Å². The summed E-state index contributed by atoms with van der Waals surface area (Å²) in [5.74, 6) is 0. The molecule has 1 unspecified atom stereocenters. The highest BCUT2D eigenvalue weighted by atomic mass is 32.2. The van der Waals surface area contributed by atoms with Gasteiger partial charge in [-0.3, -0.25) is 0 Å². The van der Waals surface area contributed by atoms with Gasteiger partial charge in [0.15, 0.2) is 0 Å². The molecule has 0 aromatic heterocycles. The monoisotopic (exact) mass is 303 g/mol. The van der Waals surface area contributed by atoms with Crippen LogP contribution in [0.5, 0.6) is 0 Å². The summed E-state index contributed by atoms with van der Waals surface area (Å²) >= 11 is 0. The molecule has 2 fully saturated rings. The molecule has 1 atom stereocenters. The Hall–Kier alpha value is -0.130. The lowest BCUT2D eigenvalue weighted by Gasteiger charge is -2.41. The highest BCUT2D eigenvalue weighted by Crippen LogP contribution is 2.33. The molecule has 118 valence electrons. The Labute approximate surface area is 123 Å². The van der Waals surface area contributed by atoms with E-state index in [1.54, 1.807) is 6.92 Å². The van der Waals surface area contributed by atoms with Gasteiger partial charge >= 0.3 is 0 Å². The number of aliphatic hydroxyl groups is 1. The van der Waals surface area contributed by atoms with E-state index in [0.717, 1.165) is 51.4 Å². The number of aliphatic hydroxyl groups excluding tert-OH is 1. The fourth-order valence-corrected chi connectivity index (χ4v) is 5.54. The predicted octanol–water partition coefficient (Wildman–Crippen LogP) is 2.66. The van der Waals surface area contributed by atoms with Crippen molar-refractivity contribution in [3.63, 3.8) is 0 Å². The van der Waals surface area contributed by atoms with Crippen molar-refractivity contribution in [1.82, 2.24) is 4.31 Å². The van der Waals surface area contributed by atoms with Gasteiger partial charge in [0.1, 0.15) is 0 Å².